The maximum absolute atomic E-state index is 6.04. The first-order chi connectivity index (χ1) is 9.73. The number of nitrogens with one attached hydrogen (secondary N) is 1. The fourth-order valence-electron chi connectivity index (χ4n) is 3.09. The van der Waals surface area contributed by atoms with Crippen LogP contribution in [0.1, 0.15) is 31.7 Å². The number of nitrogens with two attached hydrogens (primary N) is 1. The minimum atomic E-state index is -0.157. The lowest BCUT2D eigenvalue weighted by atomic mass is 9.85. The van der Waals surface area contributed by atoms with Crippen LogP contribution < -0.4 is 11.3 Å². The van der Waals surface area contributed by atoms with E-state index in [0.29, 0.717) is 0 Å². The lowest BCUT2D eigenvalue weighted by Gasteiger charge is -2.40. The van der Waals surface area contributed by atoms with Gasteiger partial charge >= 0.3 is 0 Å². The number of ether oxygens (including phenoxy) is 1. The lowest BCUT2D eigenvalue weighted by molar-refractivity contribution is -0.0884. The Morgan fingerprint density at radius 2 is 2.25 bits per heavy atom. The van der Waals surface area contributed by atoms with Gasteiger partial charge in [-0.3, -0.25) is 11.3 Å². The number of fused-ring (bicyclic) bond motifs is 1. The summed E-state index contributed by atoms with van der Waals surface area (Å²) in [6.45, 7) is 3.03. The van der Waals surface area contributed by atoms with Crippen molar-refractivity contribution in [2.45, 2.75) is 44.2 Å². The summed E-state index contributed by atoms with van der Waals surface area (Å²) in [7, 11) is 0. The zero-order valence-corrected chi connectivity index (χ0v) is 12.7. The molecule has 1 aliphatic heterocycles. The molecule has 1 saturated heterocycles. The summed E-state index contributed by atoms with van der Waals surface area (Å²) < 4.78 is 7.38. The van der Waals surface area contributed by atoms with Crippen molar-refractivity contribution in [2.75, 3.05) is 6.61 Å². The summed E-state index contributed by atoms with van der Waals surface area (Å²) in [5.41, 5.74) is 4.20. The molecule has 3 N–H and O–H groups in total. The van der Waals surface area contributed by atoms with Crippen LogP contribution >= 0.6 is 11.3 Å². The van der Waals surface area contributed by atoms with Crippen LogP contribution in [0.2, 0.25) is 0 Å². The van der Waals surface area contributed by atoms with Gasteiger partial charge in [-0.15, -0.1) is 11.3 Å². The van der Waals surface area contributed by atoms with Crippen molar-refractivity contribution in [1.29, 1.82) is 0 Å². The van der Waals surface area contributed by atoms with Crippen molar-refractivity contribution in [3.8, 4) is 0 Å². The molecule has 3 nitrogen and oxygen atoms in total. The average molecular weight is 290 g/mol. The number of rotatable bonds is 4. The third kappa shape index (κ3) is 2.61. The van der Waals surface area contributed by atoms with E-state index in [4.69, 9.17) is 10.6 Å². The van der Waals surface area contributed by atoms with Crippen molar-refractivity contribution >= 4 is 21.4 Å². The van der Waals surface area contributed by atoms with Gasteiger partial charge in [-0.1, -0.05) is 18.2 Å². The lowest BCUT2D eigenvalue weighted by Crippen LogP contribution is -2.55. The van der Waals surface area contributed by atoms with Crippen molar-refractivity contribution < 1.29 is 4.74 Å². The number of thiophene rings is 1. The Labute approximate surface area is 124 Å². The van der Waals surface area contributed by atoms with E-state index < -0.39 is 0 Å². The molecule has 2 atom stereocenters. The van der Waals surface area contributed by atoms with Crippen molar-refractivity contribution in [1.82, 2.24) is 5.43 Å². The number of benzene rings is 1. The highest BCUT2D eigenvalue weighted by atomic mass is 32.1. The molecule has 0 bridgehead atoms. The van der Waals surface area contributed by atoms with Gasteiger partial charge in [-0.2, -0.15) is 0 Å². The Kier molecular flexibility index (Phi) is 4.08. The number of hydrogen-bond acceptors (Lipinski definition) is 4. The Morgan fingerprint density at radius 3 is 3.00 bits per heavy atom. The van der Waals surface area contributed by atoms with E-state index >= 15 is 0 Å². The van der Waals surface area contributed by atoms with Gasteiger partial charge in [0.15, 0.2) is 0 Å². The van der Waals surface area contributed by atoms with Gasteiger partial charge in [-0.05, 0) is 55.0 Å². The number of hydrogen-bond donors (Lipinski definition) is 2. The average Bonchev–Trinajstić information content (AvgIpc) is 2.88. The van der Waals surface area contributed by atoms with Crippen molar-refractivity contribution in [2.24, 2.45) is 5.84 Å². The minimum Gasteiger partial charge on any atom is -0.374 e. The van der Waals surface area contributed by atoms with Crippen LogP contribution in [0.3, 0.4) is 0 Å². The Balaban J connectivity index is 1.84. The molecule has 0 aliphatic carbocycles. The Hall–Kier alpha value is -0.940. The molecular formula is C16H22N2OS. The maximum Gasteiger partial charge on any atom is 0.0823 e. The van der Waals surface area contributed by atoms with Gasteiger partial charge in [-0.25, -0.2) is 0 Å². The van der Waals surface area contributed by atoms with Gasteiger partial charge in [0.1, 0.15) is 0 Å². The molecule has 3 rings (SSSR count). The van der Waals surface area contributed by atoms with Crippen molar-refractivity contribution in [3.63, 3.8) is 0 Å². The summed E-state index contributed by atoms with van der Waals surface area (Å²) in [4.78, 5) is 0. The summed E-state index contributed by atoms with van der Waals surface area (Å²) in [6.07, 6.45) is 4.37. The van der Waals surface area contributed by atoms with Crippen LogP contribution in [-0.2, 0) is 11.2 Å². The van der Waals surface area contributed by atoms with Crippen LogP contribution in [0.5, 0.6) is 0 Å². The third-order valence-electron chi connectivity index (χ3n) is 4.42. The maximum atomic E-state index is 6.04. The van der Waals surface area contributed by atoms with Crippen molar-refractivity contribution in [3.05, 3.63) is 35.2 Å². The van der Waals surface area contributed by atoms with E-state index in [1.807, 2.05) is 0 Å². The fraction of sp³-hybridized carbons (Fsp3) is 0.500. The number of hydrazine groups is 1. The van der Waals surface area contributed by atoms with E-state index in [0.717, 1.165) is 25.9 Å². The highest BCUT2D eigenvalue weighted by Gasteiger charge is 2.36. The predicted molar refractivity (Wildman–Crippen MR) is 84.8 cm³/mol. The van der Waals surface area contributed by atoms with E-state index in [1.54, 1.807) is 11.3 Å². The first-order valence-corrected chi connectivity index (χ1v) is 8.16. The molecule has 2 aromatic rings. The SMILES string of the molecule is CC1(C(Cc2csc3ccccc23)NN)CCCCO1. The van der Waals surface area contributed by atoms with Gasteiger partial charge in [0.2, 0.25) is 0 Å². The van der Waals surface area contributed by atoms with Crippen LogP contribution in [-0.4, -0.2) is 18.2 Å². The highest BCUT2D eigenvalue weighted by molar-refractivity contribution is 7.17. The Morgan fingerprint density at radius 1 is 1.40 bits per heavy atom. The standard InChI is InChI=1S/C16H22N2OS/c1-16(8-4-5-9-19-16)15(18-17)10-12-11-20-14-7-3-2-6-13(12)14/h2-3,6-7,11,15,18H,4-5,8-10,17H2,1H3. The molecule has 0 amide bonds. The molecule has 2 unspecified atom stereocenters. The van der Waals surface area contributed by atoms with E-state index in [2.05, 4.69) is 42.0 Å². The molecule has 1 fully saturated rings. The monoisotopic (exact) mass is 290 g/mol. The Bertz CT molecular complexity index is 575. The van der Waals surface area contributed by atoms with Crippen LogP contribution in [0.25, 0.3) is 10.1 Å². The second kappa shape index (κ2) is 5.82. The van der Waals surface area contributed by atoms with Gasteiger partial charge in [0.25, 0.3) is 0 Å². The molecule has 20 heavy (non-hydrogen) atoms. The molecule has 108 valence electrons. The summed E-state index contributed by atoms with van der Waals surface area (Å²) >= 11 is 1.80. The van der Waals surface area contributed by atoms with Crippen LogP contribution in [0.4, 0.5) is 0 Å². The van der Waals surface area contributed by atoms with Gasteiger partial charge in [0, 0.05) is 11.3 Å². The summed E-state index contributed by atoms with van der Waals surface area (Å²) in [5.74, 6) is 5.82. The van der Waals surface area contributed by atoms with Crippen LogP contribution in [0.15, 0.2) is 29.6 Å². The first kappa shape index (κ1) is 14.0. The van der Waals surface area contributed by atoms with E-state index in [9.17, 15) is 0 Å². The second-order valence-corrected chi connectivity index (χ2v) is 6.71. The molecule has 1 aliphatic rings. The molecule has 4 heteroatoms. The summed E-state index contributed by atoms with van der Waals surface area (Å²) in [6, 6.07) is 8.71. The molecule has 0 saturated carbocycles. The molecule has 0 radical (unpaired) electrons. The zero-order valence-electron chi connectivity index (χ0n) is 11.9. The largest absolute Gasteiger partial charge is 0.374 e. The summed E-state index contributed by atoms with van der Waals surface area (Å²) in [5, 5.41) is 3.60. The smallest absolute Gasteiger partial charge is 0.0823 e. The topological polar surface area (TPSA) is 47.3 Å². The normalized spacial score (nSPS) is 24.9. The molecule has 1 aromatic heterocycles. The van der Waals surface area contributed by atoms with Gasteiger partial charge in [0.05, 0.1) is 11.6 Å². The van der Waals surface area contributed by atoms with E-state index in [1.165, 1.54) is 22.1 Å². The molecule has 0 spiro atoms. The van der Waals surface area contributed by atoms with Gasteiger partial charge < -0.3 is 4.74 Å². The van der Waals surface area contributed by atoms with Crippen LogP contribution in [0, 0.1) is 0 Å². The molecule has 1 aromatic carbocycles. The molecule has 2 heterocycles. The minimum absolute atomic E-state index is 0.154. The first-order valence-electron chi connectivity index (χ1n) is 7.28. The molecular weight excluding hydrogens is 268 g/mol. The fourth-order valence-corrected chi connectivity index (χ4v) is 4.07. The third-order valence-corrected chi connectivity index (χ3v) is 5.44. The highest BCUT2D eigenvalue weighted by Crippen LogP contribution is 2.32. The second-order valence-electron chi connectivity index (χ2n) is 5.80. The van der Waals surface area contributed by atoms with E-state index in [-0.39, 0.29) is 11.6 Å². The quantitative estimate of drug-likeness (QED) is 0.671. The predicted octanol–water partition coefficient (Wildman–Crippen LogP) is 3.23. The zero-order chi connectivity index (χ0) is 14.0.